The Morgan fingerprint density at radius 3 is 2.74 bits per heavy atom. The summed E-state index contributed by atoms with van der Waals surface area (Å²) in [5, 5.41) is 3.23. The summed E-state index contributed by atoms with van der Waals surface area (Å²) in [5.74, 6) is 1.46. The number of nitrogens with one attached hydrogen (secondary N) is 1. The van der Waals surface area contributed by atoms with Gasteiger partial charge in [-0.3, -0.25) is 4.79 Å². The van der Waals surface area contributed by atoms with E-state index in [9.17, 15) is 4.79 Å². The summed E-state index contributed by atoms with van der Waals surface area (Å²) in [5.41, 5.74) is 0.618. The Kier molecular flexibility index (Phi) is 4.80. The zero-order chi connectivity index (χ0) is 13.7. The van der Waals surface area contributed by atoms with Gasteiger partial charge in [-0.25, -0.2) is 0 Å². The maximum atomic E-state index is 12.5. The largest absolute Gasteiger partial charge is 0.494 e. The summed E-state index contributed by atoms with van der Waals surface area (Å²) >= 11 is 0. The molecule has 1 aliphatic rings. The minimum Gasteiger partial charge on any atom is -0.494 e. The number of carbonyl (C=O) groups is 1. The fourth-order valence-electron chi connectivity index (χ4n) is 2.34. The number of ether oxygens (including phenoxy) is 2. The molecule has 0 saturated carbocycles. The van der Waals surface area contributed by atoms with Crippen LogP contribution in [0.2, 0.25) is 0 Å². The van der Waals surface area contributed by atoms with Gasteiger partial charge in [-0.1, -0.05) is 0 Å². The van der Waals surface area contributed by atoms with Gasteiger partial charge in [-0.05, 0) is 51.4 Å². The SMILES string of the molecule is CCOc1ccc(OCC)c(C(=O)C2CCCN2)c1. The van der Waals surface area contributed by atoms with E-state index < -0.39 is 0 Å². The first-order chi connectivity index (χ1) is 9.26. The van der Waals surface area contributed by atoms with Crippen molar-refractivity contribution < 1.29 is 14.3 Å². The molecule has 1 heterocycles. The number of hydrogen-bond donors (Lipinski definition) is 1. The summed E-state index contributed by atoms with van der Waals surface area (Å²) in [6.07, 6.45) is 1.94. The average Bonchev–Trinajstić information content (AvgIpc) is 2.94. The topological polar surface area (TPSA) is 47.6 Å². The van der Waals surface area contributed by atoms with Crippen LogP contribution in [0.15, 0.2) is 18.2 Å². The summed E-state index contributed by atoms with van der Waals surface area (Å²) in [4.78, 5) is 12.5. The van der Waals surface area contributed by atoms with E-state index in [2.05, 4.69) is 5.32 Å². The lowest BCUT2D eigenvalue weighted by Gasteiger charge is -2.15. The molecule has 0 aliphatic carbocycles. The second kappa shape index (κ2) is 6.57. The van der Waals surface area contributed by atoms with Crippen LogP contribution in [-0.2, 0) is 0 Å². The number of rotatable bonds is 6. The van der Waals surface area contributed by atoms with E-state index in [0.29, 0.717) is 30.3 Å². The lowest BCUT2D eigenvalue weighted by molar-refractivity contribution is 0.0948. The van der Waals surface area contributed by atoms with Gasteiger partial charge in [0.1, 0.15) is 11.5 Å². The summed E-state index contributed by atoms with van der Waals surface area (Å²) in [6, 6.07) is 5.36. The molecule has 1 aromatic rings. The standard InChI is InChI=1S/C15H21NO3/c1-3-18-11-7-8-14(19-4-2)12(10-11)15(17)13-6-5-9-16-13/h7-8,10,13,16H,3-6,9H2,1-2H3. The Hall–Kier alpha value is -1.55. The van der Waals surface area contributed by atoms with E-state index in [1.54, 1.807) is 6.07 Å². The molecule has 4 nitrogen and oxygen atoms in total. The van der Waals surface area contributed by atoms with Gasteiger partial charge in [0.2, 0.25) is 0 Å². The number of carbonyl (C=O) groups excluding carboxylic acids is 1. The van der Waals surface area contributed by atoms with Crippen molar-refractivity contribution >= 4 is 5.78 Å². The van der Waals surface area contributed by atoms with E-state index in [1.807, 2.05) is 26.0 Å². The maximum absolute atomic E-state index is 12.5. The minimum atomic E-state index is -0.0870. The van der Waals surface area contributed by atoms with E-state index in [-0.39, 0.29) is 11.8 Å². The second-order valence-electron chi connectivity index (χ2n) is 4.54. The van der Waals surface area contributed by atoms with E-state index in [0.717, 1.165) is 19.4 Å². The first-order valence-electron chi connectivity index (χ1n) is 6.93. The van der Waals surface area contributed by atoms with Gasteiger partial charge in [0.05, 0.1) is 24.8 Å². The van der Waals surface area contributed by atoms with Gasteiger partial charge >= 0.3 is 0 Å². The normalized spacial score (nSPS) is 18.3. The van der Waals surface area contributed by atoms with Crippen LogP contribution in [0.3, 0.4) is 0 Å². The summed E-state index contributed by atoms with van der Waals surface area (Å²) in [6.45, 7) is 5.89. The van der Waals surface area contributed by atoms with Gasteiger partial charge in [0.15, 0.2) is 5.78 Å². The van der Waals surface area contributed by atoms with Crippen molar-refractivity contribution in [1.82, 2.24) is 5.32 Å². The zero-order valence-corrected chi connectivity index (χ0v) is 11.6. The number of hydrogen-bond acceptors (Lipinski definition) is 4. The molecule has 2 rings (SSSR count). The summed E-state index contributed by atoms with van der Waals surface area (Å²) < 4.78 is 11.0. The van der Waals surface area contributed by atoms with Gasteiger partial charge in [0, 0.05) is 0 Å². The third kappa shape index (κ3) is 3.26. The smallest absolute Gasteiger partial charge is 0.183 e. The van der Waals surface area contributed by atoms with Crippen molar-refractivity contribution in [3.8, 4) is 11.5 Å². The molecule has 1 atom stereocenters. The van der Waals surface area contributed by atoms with Crippen LogP contribution in [0.1, 0.15) is 37.0 Å². The van der Waals surface area contributed by atoms with Crippen LogP contribution in [-0.4, -0.2) is 31.6 Å². The maximum Gasteiger partial charge on any atom is 0.183 e. The third-order valence-electron chi connectivity index (χ3n) is 3.20. The van der Waals surface area contributed by atoms with Crippen molar-refractivity contribution in [2.24, 2.45) is 0 Å². The predicted octanol–water partition coefficient (Wildman–Crippen LogP) is 2.42. The van der Waals surface area contributed by atoms with Crippen LogP contribution in [0.4, 0.5) is 0 Å². The van der Waals surface area contributed by atoms with Crippen LogP contribution >= 0.6 is 0 Å². The van der Waals surface area contributed by atoms with Gasteiger partial charge in [0.25, 0.3) is 0 Å². The quantitative estimate of drug-likeness (QED) is 0.801. The van der Waals surface area contributed by atoms with Crippen LogP contribution < -0.4 is 14.8 Å². The van der Waals surface area contributed by atoms with E-state index >= 15 is 0 Å². The van der Waals surface area contributed by atoms with E-state index in [1.165, 1.54) is 0 Å². The highest BCUT2D eigenvalue weighted by molar-refractivity contribution is 6.02. The highest BCUT2D eigenvalue weighted by atomic mass is 16.5. The molecule has 1 aromatic carbocycles. The Labute approximate surface area is 114 Å². The molecule has 104 valence electrons. The Morgan fingerprint density at radius 2 is 2.11 bits per heavy atom. The zero-order valence-electron chi connectivity index (χ0n) is 11.6. The van der Waals surface area contributed by atoms with Gasteiger partial charge < -0.3 is 14.8 Å². The minimum absolute atomic E-state index is 0.0870. The predicted molar refractivity (Wildman–Crippen MR) is 74.1 cm³/mol. The van der Waals surface area contributed by atoms with Crippen molar-refractivity contribution in [2.75, 3.05) is 19.8 Å². The molecule has 4 heteroatoms. The number of ketones is 1. The fourth-order valence-corrected chi connectivity index (χ4v) is 2.34. The highest BCUT2D eigenvalue weighted by Gasteiger charge is 2.26. The lowest BCUT2D eigenvalue weighted by atomic mass is 10.0. The molecule has 0 bridgehead atoms. The average molecular weight is 263 g/mol. The fraction of sp³-hybridized carbons (Fsp3) is 0.533. The molecule has 0 radical (unpaired) electrons. The third-order valence-corrected chi connectivity index (χ3v) is 3.20. The van der Waals surface area contributed by atoms with Crippen molar-refractivity contribution in [3.63, 3.8) is 0 Å². The second-order valence-corrected chi connectivity index (χ2v) is 4.54. The van der Waals surface area contributed by atoms with Gasteiger partial charge in [-0.15, -0.1) is 0 Å². The highest BCUT2D eigenvalue weighted by Crippen LogP contribution is 2.27. The Morgan fingerprint density at radius 1 is 1.32 bits per heavy atom. The molecule has 1 aliphatic heterocycles. The number of benzene rings is 1. The van der Waals surface area contributed by atoms with Crippen LogP contribution in [0.25, 0.3) is 0 Å². The first kappa shape index (κ1) is 13.9. The molecule has 1 N–H and O–H groups in total. The van der Waals surface area contributed by atoms with Crippen LogP contribution in [0.5, 0.6) is 11.5 Å². The molecular weight excluding hydrogens is 242 g/mol. The van der Waals surface area contributed by atoms with Crippen molar-refractivity contribution in [1.29, 1.82) is 0 Å². The molecule has 19 heavy (non-hydrogen) atoms. The molecular formula is C15H21NO3. The Bertz CT molecular complexity index is 439. The molecule has 1 unspecified atom stereocenters. The first-order valence-corrected chi connectivity index (χ1v) is 6.93. The molecule has 1 fully saturated rings. The van der Waals surface area contributed by atoms with Crippen LogP contribution in [0, 0.1) is 0 Å². The summed E-state index contributed by atoms with van der Waals surface area (Å²) in [7, 11) is 0. The monoisotopic (exact) mass is 263 g/mol. The van der Waals surface area contributed by atoms with Crippen molar-refractivity contribution in [3.05, 3.63) is 23.8 Å². The van der Waals surface area contributed by atoms with Crippen molar-refractivity contribution in [2.45, 2.75) is 32.7 Å². The van der Waals surface area contributed by atoms with E-state index in [4.69, 9.17) is 9.47 Å². The molecule has 0 spiro atoms. The number of Topliss-reactive ketones (excluding diaryl/α,β-unsaturated/α-hetero) is 1. The molecule has 0 amide bonds. The lowest BCUT2D eigenvalue weighted by Crippen LogP contribution is -2.31. The Balaban J connectivity index is 2.27. The molecule has 1 saturated heterocycles. The van der Waals surface area contributed by atoms with Gasteiger partial charge in [-0.2, -0.15) is 0 Å². The molecule has 0 aromatic heterocycles.